The molecule has 0 radical (unpaired) electrons. The summed E-state index contributed by atoms with van der Waals surface area (Å²) in [5.41, 5.74) is 1.99. The third-order valence-corrected chi connectivity index (χ3v) is 3.14. The zero-order valence-corrected chi connectivity index (χ0v) is 12.9. The highest BCUT2D eigenvalue weighted by Crippen LogP contribution is 2.28. The van der Waals surface area contributed by atoms with Gasteiger partial charge in [0.15, 0.2) is 0 Å². The largest absolute Gasteiger partial charge is 0.497 e. The van der Waals surface area contributed by atoms with Crippen LogP contribution < -0.4 is 9.47 Å². The molecule has 3 nitrogen and oxygen atoms in total. The zero-order chi connectivity index (χ0) is 15.8. The predicted octanol–water partition coefficient (Wildman–Crippen LogP) is 4.45. The number of methoxy groups -OCH3 is 2. The van der Waals surface area contributed by atoms with Gasteiger partial charge in [-0.05, 0) is 23.8 Å². The molecule has 114 valence electrons. The highest BCUT2D eigenvalue weighted by Gasteiger charge is 2.08. The monoisotopic (exact) mass is 296 g/mol. The SMILES string of the molecule is C=CC=C(OCc1ccccc1)c1cc(OC)cc(OC)c1. The minimum Gasteiger partial charge on any atom is -0.497 e. The van der Waals surface area contributed by atoms with Crippen LogP contribution in [0.3, 0.4) is 0 Å². The van der Waals surface area contributed by atoms with Gasteiger partial charge in [-0.2, -0.15) is 0 Å². The molecule has 0 bridgehead atoms. The van der Waals surface area contributed by atoms with Gasteiger partial charge in [0.05, 0.1) is 14.2 Å². The van der Waals surface area contributed by atoms with Gasteiger partial charge in [-0.1, -0.05) is 43.0 Å². The van der Waals surface area contributed by atoms with Crippen molar-refractivity contribution in [2.75, 3.05) is 14.2 Å². The summed E-state index contributed by atoms with van der Waals surface area (Å²) in [6.45, 7) is 4.23. The van der Waals surface area contributed by atoms with Crippen LogP contribution in [-0.4, -0.2) is 14.2 Å². The molecule has 0 spiro atoms. The average molecular weight is 296 g/mol. The van der Waals surface area contributed by atoms with Gasteiger partial charge in [0, 0.05) is 11.6 Å². The molecule has 0 amide bonds. The second-order valence-corrected chi connectivity index (χ2v) is 4.64. The Kier molecular flexibility index (Phi) is 5.66. The lowest BCUT2D eigenvalue weighted by atomic mass is 10.1. The van der Waals surface area contributed by atoms with Crippen molar-refractivity contribution in [2.45, 2.75) is 6.61 Å². The number of allylic oxidation sites excluding steroid dienone is 2. The molecule has 3 heteroatoms. The first-order valence-electron chi connectivity index (χ1n) is 6.99. The molecular weight excluding hydrogens is 276 g/mol. The molecule has 0 aliphatic carbocycles. The van der Waals surface area contributed by atoms with Gasteiger partial charge in [-0.15, -0.1) is 0 Å². The van der Waals surface area contributed by atoms with Gasteiger partial charge in [-0.3, -0.25) is 0 Å². The van der Waals surface area contributed by atoms with Gasteiger partial charge < -0.3 is 14.2 Å². The Labute approximate surface area is 131 Å². The van der Waals surface area contributed by atoms with E-state index in [1.165, 1.54) is 0 Å². The highest BCUT2D eigenvalue weighted by atomic mass is 16.5. The van der Waals surface area contributed by atoms with Gasteiger partial charge in [0.1, 0.15) is 23.9 Å². The molecule has 0 aliphatic heterocycles. The Balaban J connectivity index is 2.24. The lowest BCUT2D eigenvalue weighted by Crippen LogP contribution is -1.96. The quantitative estimate of drug-likeness (QED) is 0.558. The van der Waals surface area contributed by atoms with Crippen LogP contribution >= 0.6 is 0 Å². The number of benzene rings is 2. The first kappa shape index (κ1) is 15.7. The van der Waals surface area contributed by atoms with Crippen molar-refractivity contribution in [3.8, 4) is 11.5 Å². The fourth-order valence-corrected chi connectivity index (χ4v) is 2.02. The second kappa shape index (κ2) is 7.93. The molecule has 0 saturated heterocycles. The number of rotatable bonds is 7. The third kappa shape index (κ3) is 4.16. The molecular formula is C19H20O3. The summed E-state index contributed by atoms with van der Waals surface area (Å²) in [5, 5.41) is 0. The molecule has 0 aliphatic rings. The summed E-state index contributed by atoms with van der Waals surface area (Å²) in [5.74, 6) is 2.15. The van der Waals surface area contributed by atoms with Crippen molar-refractivity contribution in [3.63, 3.8) is 0 Å². The molecule has 0 aromatic heterocycles. The first-order chi connectivity index (χ1) is 10.8. The number of ether oxygens (including phenoxy) is 3. The van der Waals surface area contributed by atoms with Crippen molar-refractivity contribution < 1.29 is 14.2 Å². The van der Waals surface area contributed by atoms with Crippen molar-refractivity contribution in [2.24, 2.45) is 0 Å². The molecule has 2 aromatic rings. The van der Waals surface area contributed by atoms with Crippen LogP contribution in [0.5, 0.6) is 11.5 Å². The summed E-state index contributed by atoms with van der Waals surface area (Å²) in [6.07, 6.45) is 3.53. The molecule has 0 unspecified atom stereocenters. The van der Waals surface area contributed by atoms with Crippen LogP contribution in [0.4, 0.5) is 0 Å². The van der Waals surface area contributed by atoms with Crippen LogP contribution in [0.25, 0.3) is 5.76 Å². The topological polar surface area (TPSA) is 27.7 Å². The van der Waals surface area contributed by atoms with E-state index in [-0.39, 0.29) is 0 Å². The molecule has 0 saturated carbocycles. The van der Waals surface area contributed by atoms with Gasteiger partial charge in [0.25, 0.3) is 0 Å². The lowest BCUT2D eigenvalue weighted by Gasteiger charge is -2.13. The van der Waals surface area contributed by atoms with Crippen LogP contribution in [0.1, 0.15) is 11.1 Å². The second-order valence-electron chi connectivity index (χ2n) is 4.64. The Morgan fingerprint density at radius 3 is 2.18 bits per heavy atom. The van der Waals surface area contributed by atoms with Crippen LogP contribution in [0.2, 0.25) is 0 Å². The molecule has 2 aromatic carbocycles. The minimum absolute atomic E-state index is 0.486. The van der Waals surface area contributed by atoms with Gasteiger partial charge in [0.2, 0.25) is 0 Å². The van der Waals surface area contributed by atoms with E-state index in [1.807, 2.05) is 54.6 Å². The van der Waals surface area contributed by atoms with Gasteiger partial charge in [-0.25, -0.2) is 0 Å². The van der Waals surface area contributed by atoms with Crippen LogP contribution in [0.15, 0.2) is 67.3 Å². The lowest BCUT2D eigenvalue weighted by molar-refractivity contribution is 0.264. The average Bonchev–Trinajstić information content (AvgIpc) is 2.59. The van der Waals surface area contributed by atoms with E-state index >= 15 is 0 Å². The summed E-state index contributed by atoms with van der Waals surface area (Å²) in [4.78, 5) is 0. The van der Waals surface area contributed by atoms with E-state index in [1.54, 1.807) is 20.3 Å². The van der Waals surface area contributed by atoms with E-state index in [9.17, 15) is 0 Å². The molecule has 0 atom stereocenters. The normalized spacial score (nSPS) is 10.9. The first-order valence-corrected chi connectivity index (χ1v) is 6.99. The fourth-order valence-electron chi connectivity index (χ4n) is 2.02. The Morgan fingerprint density at radius 2 is 1.64 bits per heavy atom. The van der Waals surface area contributed by atoms with E-state index < -0.39 is 0 Å². The smallest absolute Gasteiger partial charge is 0.127 e. The molecule has 22 heavy (non-hydrogen) atoms. The van der Waals surface area contributed by atoms with Gasteiger partial charge >= 0.3 is 0 Å². The van der Waals surface area contributed by atoms with Crippen LogP contribution in [0, 0.1) is 0 Å². The Morgan fingerprint density at radius 1 is 1.00 bits per heavy atom. The zero-order valence-electron chi connectivity index (χ0n) is 12.9. The van der Waals surface area contributed by atoms with E-state index in [2.05, 4.69) is 6.58 Å². The maximum Gasteiger partial charge on any atom is 0.127 e. The summed E-state index contributed by atoms with van der Waals surface area (Å²) < 4.78 is 16.5. The Hall–Kier alpha value is -2.68. The van der Waals surface area contributed by atoms with E-state index in [0.29, 0.717) is 18.1 Å². The molecule has 0 fully saturated rings. The van der Waals surface area contributed by atoms with E-state index in [4.69, 9.17) is 14.2 Å². The minimum atomic E-state index is 0.486. The standard InChI is InChI=1S/C19H20O3/c1-4-8-19(22-14-15-9-6-5-7-10-15)16-11-17(20-2)13-18(12-16)21-3/h4-13H,1,14H2,2-3H3. The van der Waals surface area contributed by atoms with Crippen molar-refractivity contribution >= 4 is 5.76 Å². The summed E-state index contributed by atoms with van der Waals surface area (Å²) in [6, 6.07) is 15.7. The predicted molar refractivity (Wildman–Crippen MR) is 89.0 cm³/mol. The molecule has 0 heterocycles. The van der Waals surface area contributed by atoms with Crippen molar-refractivity contribution in [1.29, 1.82) is 0 Å². The number of hydrogen-bond donors (Lipinski definition) is 0. The summed E-state index contributed by atoms with van der Waals surface area (Å²) in [7, 11) is 3.25. The third-order valence-electron chi connectivity index (χ3n) is 3.14. The van der Waals surface area contributed by atoms with Crippen molar-refractivity contribution in [3.05, 3.63) is 78.4 Å². The highest BCUT2D eigenvalue weighted by molar-refractivity contribution is 5.64. The number of hydrogen-bond acceptors (Lipinski definition) is 3. The van der Waals surface area contributed by atoms with Crippen molar-refractivity contribution in [1.82, 2.24) is 0 Å². The maximum absolute atomic E-state index is 5.93. The maximum atomic E-state index is 5.93. The fraction of sp³-hybridized carbons (Fsp3) is 0.158. The molecule has 0 N–H and O–H groups in total. The van der Waals surface area contributed by atoms with Crippen LogP contribution in [-0.2, 0) is 11.3 Å². The Bertz CT molecular complexity index is 623. The van der Waals surface area contributed by atoms with E-state index in [0.717, 1.165) is 16.9 Å². The summed E-state index contributed by atoms with van der Waals surface area (Å²) >= 11 is 0. The molecule has 2 rings (SSSR count).